The number of carbonyl (C=O) groups excluding carboxylic acids is 1. The van der Waals surface area contributed by atoms with Gasteiger partial charge in [0.25, 0.3) is 5.91 Å². The molecule has 3 N–H and O–H groups in total. The van der Waals surface area contributed by atoms with Crippen LogP contribution in [0.15, 0.2) is 24.3 Å². The van der Waals surface area contributed by atoms with E-state index in [4.69, 9.17) is 10.9 Å². The van der Waals surface area contributed by atoms with Crippen molar-refractivity contribution in [2.24, 2.45) is 5.73 Å². The van der Waals surface area contributed by atoms with Gasteiger partial charge in [0.15, 0.2) is 0 Å². The van der Waals surface area contributed by atoms with Gasteiger partial charge >= 0.3 is 0 Å². The number of nitrogens with zero attached hydrogens (tertiary/aromatic N) is 1. The predicted octanol–water partition coefficient (Wildman–Crippen LogP) is 0.606. The molecule has 4 nitrogen and oxygen atoms in total. The summed E-state index contributed by atoms with van der Waals surface area (Å²) < 4.78 is 0. The summed E-state index contributed by atoms with van der Waals surface area (Å²) >= 11 is 0. The first-order valence-corrected chi connectivity index (χ1v) is 3.91. The van der Waals surface area contributed by atoms with Crippen molar-refractivity contribution in [1.29, 1.82) is 0 Å². The summed E-state index contributed by atoms with van der Waals surface area (Å²) in [6.45, 7) is 0.448. The van der Waals surface area contributed by atoms with Crippen molar-refractivity contribution in [2.45, 2.75) is 6.54 Å². The van der Waals surface area contributed by atoms with E-state index >= 15 is 0 Å². The molecule has 1 amide bonds. The summed E-state index contributed by atoms with van der Waals surface area (Å²) in [5.74, 6) is -0.427. The second-order valence-corrected chi connectivity index (χ2v) is 2.73. The van der Waals surface area contributed by atoms with Crippen molar-refractivity contribution >= 4 is 5.91 Å². The SMILES string of the molecule is CN(O)C(=O)c1ccc(CN)cc1. The number of carbonyl (C=O) groups is 1. The van der Waals surface area contributed by atoms with E-state index in [1.54, 1.807) is 24.3 Å². The molecule has 0 aliphatic carbocycles. The van der Waals surface area contributed by atoms with Gasteiger partial charge in [0, 0.05) is 19.2 Å². The van der Waals surface area contributed by atoms with Gasteiger partial charge in [0.05, 0.1) is 0 Å². The molecule has 13 heavy (non-hydrogen) atoms. The van der Waals surface area contributed by atoms with Crippen LogP contribution in [0.2, 0.25) is 0 Å². The molecule has 0 aromatic heterocycles. The Labute approximate surface area is 76.5 Å². The molecular weight excluding hydrogens is 168 g/mol. The number of benzene rings is 1. The van der Waals surface area contributed by atoms with Crippen molar-refractivity contribution in [3.63, 3.8) is 0 Å². The van der Waals surface area contributed by atoms with Crippen LogP contribution in [0.5, 0.6) is 0 Å². The lowest BCUT2D eigenvalue weighted by molar-refractivity contribution is -0.0374. The fourth-order valence-electron chi connectivity index (χ4n) is 0.970. The van der Waals surface area contributed by atoms with E-state index in [2.05, 4.69) is 0 Å². The maximum Gasteiger partial charge on any atom is 0.276 e. The van der Waals surface area contributed by atoms with E-state index in [9.17, 15) is 4.79 Å². The minimum Gasteiger partial charge on any atom is -0.326 e. The molecule has 70 valence electrons. The molecule has 0 bridgehead atoms. The molecule has 0 radical (unpaired) electrons. The topological polar surface area (TPSA) is 66.6 Å². The molecule has 0 heterocycles. The zero-order chi connectivity index (χ0) is 9.84. The van der Waals surface area contributed by atoms with Crippen LogP contribution in [0.1, 0.15) is 15.9 Å². The second kappa shape index (κ2) is 4.02. The van der Waals surface area contributed by atoms with Gasteiger partial charge in [0.1, 0.15) is 0 Å². The summed E-state index contributed by atoms with van der Waals surface area (Å²) in [7, 11) is 1.29. The van der Waals surface area contributed by atoms with Crippen LogP contribution in [-0.2, 0) is 6.54 Å². The summed E-state index contributed by atoms with van der Waals surface area (Å²) in [5.41, 5.74) is 6.79. The van der Waals surface area contributed by atoms with E-state index in [1.165, 1.54) is 7.05 Å². The lowest BCUT2D eigenvalue weighted by atomic mass is 10.1. The molecule has 0 fully saturated rings. The molecule has 1 aromatic rings. The van der Waals surface area contributed by atoms with Crippen LogP contribution < -0.4 is 5.73 Å². The quantitative estimate of drug-likeness (QED) is 0.517. The van der Waals surface area contributed by atoms with Gasteiger partial charge in [-0.3, -0.25) is 10.0 Å². The van der Waals surface area contributed by atoms with E-state index in [-0.39, 0.29) is 0 Å². The van der Waals surface area contributed by atoms with Crippen LogP contribution in [0, 0.1) is 0 Å². The van der Waals surface area contributed by atoms with Crippen LogP contribution in [0.3, 0.4) is 0 Å². The van der Waals surface area contributed by atoms with E-state index in [1.807, 2.05) is 0 Å². The van der Waals surface area contributed by atoms with Crippen LogP contribution >= 0.6 is 0 Å². The highest BCUT2D eigenvalue weighted by Crippen LogP contribution is 2.05. The molecule has 0 unspecified atom stereocenters. The third kappa shape index (κ3) is 2.27. The highest BCUT2D eigenvalue weighted by molar-refractivity contribution is 5.93. The van der Waals surface area contributed by atoms with E-state index < -0.39 is 5.91 Å². The summed E-state index contributed by atoms with van der Waals surface area (Å²) in [5, 5.41) is 9.41. The molecule has 1 aromatic carbocycles. The van der Waals surface area contributed by atoms with Gasteiger partial charge in [0.2, 0.25) is 0 Å². The minimum absolute atomic E-state index is 0.427. The Morgan fingerprint density at radius 2 is 2.00 bits per heavy atom. The number of nitrogens with two attached hydrogens (primary N) is 1. The Kier molecular flexibility index (Phi) is 3.00. The van der Waals surface area contributed by atoms with Gasteiger partial charge < -0.3 is 5.73 Å². The summed E-state index contributed by atoms with van der Waals surface area (Å²) in [6, 6.07) is 6.79. The van der Waals surface area contributed by atoms with Crippen molar-refractivity contribution in [2.75, 3.05) is 7.05 Å². The highest BCUT2D eigenvalue weighted by atomic mass is 16.5. The fraction of sp³-hybridized carbons (Fsp3) is 0.222. The molecule has 0 atom stereocenters. The number of rotatable bonds is 2. The minimum atomic E-state index is -0.427. The lowest BCUT2D eigenvalue weighted by Crippen LogP contribution is -2.22. The van der Waals surface area contributed by atoms with Crippen molar-refractivity contribution in [3.8, 4) is 0 Å². The Bertz CT molecular complexity index is 293. The third-order valence-electron chi connectivity index (χ3n) is 1.73. The fourth-order valence-corrected chi connectivity index (χ4v) is 0.970. The Balaban J connectivity index is 2.86. The van der Waals surface area contributed by atoms with Crippen molar-refractivity contribution in [3.05, 3.63) is 35.4 Å². The molecule has 4 heteroatoms. The highest BCUT2D eigenvalue weighted by Gasteiger charge is 2.07. The van der Waals surface area contributed by atoms with Crippen LogP contribution in [0.25, 0.3) is 0 Å². The van der Waals surface area contributed by atoms with Gasteiger partial charge in [-0.15, -0.1) is 0 Å². The normalized spacial score (nSPS) is 9.77. The van der Waals surface area contributed by atoms with Crippen molar-refractivity contribution < 1.29 is 10.0 Å². The van der Waals surface area contributed by atoms with E-state index in [0.717, 1.165) is 5.56 Å². The second-order valence-electron chi connectivity index (χ2n) is 2.73. The van der Waals surface area contributed by atoms with Crippen LogP contribution in [-0.4, -0.2) is 23.2 Å². The first-order chi connectivity index (χ1) is 6.15. The average molecular weight is 180 g/mol. The zero-order valence-corrected chi connectivity index (χ0v) is 7.40. The average Bonchev–Trinajstić information content (AvgIpc) is 2.17. The first kappa shape index (κ1) is 9.70. The molecule has 0 spiro atoms. The molecular formula is C9H12N2O2. The Morgan fingerprint density at radius 3 is 2.38 bits per heavy atom. The summed E-state index contributed by atoms with van der Waals surface area (Å²) in [4.78, 5) is 11.2. The van der Waals surface area contributed by atoms with Gasteiger partial charge in [-0.2, -0.15) is 0 Å². The predicted molar refractivity (Wildman–Crippen MR) is 48.2 cm³/mol. The van der Waals surface area contributed by atoms with Gasteiger partial charge in [-0.05, 0) is 17.7 Å². The molecule has 0 aliphatic heterocycles. The lowest BCUT2D eigenvalue weighted by Gasteiger charge is -2.08. The maximum atomic E-state index is 11.2. The number of hydrogen-bond acceptors (Lipinski definition) is 3. The number of hydroxylamine groups is 2. The molecule has 0 saturated carbocycles. The van der Waals surface area contributed by atoms with Crippen LogP contribution in [0.4, 0.5) is 0 Å². The standard InChI is InChI=1S/C9H12N2O2/c1-11(13)9(12)8-4-2-7(6-10)3-5-8/h2-5,13H,6,10H2,1H3. The maximum absolute atomic E-state index is 11.2. The Hall–Kier alpha value is -1.39. The van der Waals surface area contributed by atoms with Gasteiger partial charge in [-0.1, -0.05) is 12.1 Å². The molecule has 1 rings (SSSR count). The monoisotopic (exact) mass is 180 g/mol. The first-order valence-electron chi connectivity index (χ1n) is 3.91. The third-order valence-corrected chi connectivity index (χ3v) is 1.73. The van der Waals surface area contributed by atoms with Crippen molar-refractivity contribution in [1.82, 2.24) is 5.06 Å². The number of amides is 1. The smallest absolute Gasteiger partial charge is 0.276 e. The Morgan fingerprint density at radius 1 is 1.46 bits per heavy atom. The van der Waals surface area contributed by atoms with Gasteiger partial charge in [-0.25, -0.2) is 5.06 Å². The largest absolute Gasteiger partial charge is 0.326 e. The molecule has 0 saturated heterocycles. The molecule has 0 aliphatic rings. The van der Waals surface area contributed by atoms with E-state index in [0.29, 0.717) is 17.2 Å². The zero-order valence-electron chi connectivity index (χ0n) is 7.40. The summed E-state index contributed by atoms with van der Waals surface area (Å²) in [6.07, 6.45) is 0. The number of hydrogen-bond donors (Lipinski definition) is 2.